The molecule has 1 amide bonds. The summed E-state index contributed by atoms with van der Waals surface area (Å²) in [5.41, 5.74) is 8.27. The Labute approximate surface area is 182 Å². The molecule has 3 rings (SSSR count). The summed E-state index contributed by atoms with van der Waals surface area (Å²) in [4.78, 5) is 16.3. The number of benzene rings is 2. The van der Waals surface area contributed by atoms with Gasteiger partial charge in [0.25, 0.3) is 0 Å². The number of nitrogens with one attached hydrogen (secondary N) is 2. The van der Waals surface area contributed by atoms with Gasteiger partial charge >= 0.3 is 6.18 Å². The number of nitrogens with zero attached hydrogens (tertiary/aromatic N) is 1. The summed E-state index contributed by atoms with van der Waals surface area (Å²) in [7, 11) is 0. The number of alkyl halides is 3. The minimum atomic E-state index is -4.38. The van der Waals surface area contributed by atoms with Gasteiger partial charge < -0.3 is 21.1 Å². The van der Waals surface area contributed by atoms with E-state index >= 15 is 0 Å². The second kappa shape index (κ2) is 10.3. The van der Waals surface area contributed by atoms with Gasteiger partial charge in [0.15, 0.2) is 6.61 Å². The molecular formula is C23H21F3N4O2. The third-order valence-electron chi connectivity index (χ3n) is 4.21. The van der Waals surface area contributed by atoms with Gasteiger partial charge in [-0.2, -0.15) is 13.2 Å². The lowest BCUT2D eigenvalue weighted by atomic mass is 10.2. The molecule has 32 heavy (non-hydrogen) atoms. The van der Waals surface area contributed by atoms with Crippen molar-refractivity contribution in [3.63, 3.8) is 0 Å². The topological polar surface area (TPSA) is 89.3 Å². The van der Waals surface area contributed by atoms with Crippen LogP contribution >= 0.6 is 0 Å². The fourth-order valence-electron chi connectivity index (χ4n) is 2.67. The average Bonchev–Trinajstić information content (AvgIpc) is 2.77. The first kappa shape index (κ1) is 22.7. The van der Waals surface area contributed by atoms with Crippen LogP contribution in [0.1, 0.15) is 11.1 Å². The molecule has 0 aliphatic heterocycles. The van der Waals surface area contributed by atoms with Crippen LogP contribution in [-0.4, -0.2) is 23.7 Å². The van der Waals surface area contributed by atoms with Crippen molar-refractivity contribution in [1.82, 2.24) is 4.98 Å². The molecule has 9 heteroatoms. The van der Waals surface area contributed by atoms with Crippen LogP contribution in [0.25, 0.3) is 6.08 Å². The second-order valence-electron chi connectivity index (χ2n) is 6.79. The molecule has 6 nitrogen and oxygen atoms in total. The van der Waals surface area contributed by atoms with E-state index in [1.54, 1.807) is 60.8 Å². The Morgan fingerprint density at radius 1 is 1.09 bits per heavy atom. The van der Waals surface area contributed by atoms with Gasteiger partial charge in [0.05, 0.1) is 11.4 Å². The van der Waals surface area contributed by atoms with Crippen LogP contribution < -0.4 is 21.1 Å². The zero-order chi connectivity index (χ0) is 23.0. The Bertz CT molecular complexity index is 1080. The highest BCUT2D eigenvalue weighted by molar-refractivity contribution is 6.03. The number of hydrogen-bond donors (Lipinski definition) is 3. The molecule has 4 N–H and O–H groups in total. The van der Waals surface area contributed by atoms with Crippen LogP contribution in [0.5, 0.6) is 5.75 Å². The molecule has 0 spiro atoms. The highest BCUT2D eigenvalue weighted by Crippen LogP contribution is 2.20. The summed E-state index contributed by atoms with van der Waals surface area (Å²) >= 11 is 0. The maximum atomic E-state index is 12.3. The quantitative estimate of drug-likeness (QED) is 0.342. The van der Waals surface area contributed by atoms with E-state index in [1.165, 1.54) is 18.2 Å². The fourth-order valence-corrected chi connectivity index (χ4v) is 2.67. The Hall–Kier alpha value is -4.01. The molecule has 2 aromatic carbocycles. The number of hydrogen-bond acceptors (Lipinski definition) is 5. The van der Waals surface area contributed by atoms with E-state index in [9.17, 15) is 18.0 Å². The summed E-state index contributed by atoms with van der Waals surface area (Å²) in [5.74, 6) is 0.397. The molecule has 0 unspecified atom stereocenters. The Morgan fingerprint density at radius 2 is 1.91 bits per heavy atom. The van der Waals surface area contributed by atoms with Gasteiger partial charge in [0.1, 0.15) is 11.6 Å². The van der Waals surface area contributed by atoms with Crippen molar-refractivity contribution in [1.29, 1.82) is 0 Å². The molecule has 3 aromatic rings. The number of ether oxygens (including phenoxy) is 1. The molecule has 0 radical (unpaired) electrons. The number of carbonyl (C=O) groups excluding carboxylic acids is 1. The molecule has 0 aliphatic carbocycles. The van der Waals surface area contributed by atoms with E-state index in [4.69, 9.17) is 10.5 Å². The minimum Gasteiger partial charge on any atom is -0.484 e. The Kier molecular flexibility index (Phi) is 7.33. The van der Waals surface area contributed by atoms with Crippen molar-refractivity contribution in [3.8, 4) is 5.75 Å². The zero-order valence-electron chi connectivity index (χ0n) is 16.9. The van der Waals surface area contributed by atoms with Crippen molar-refractivity contribution < 1.29 is 22.7 Å². The van der Waals surface area contributed by atoms with Crippen molar-refractivity contribution in [2.45, 2.75) is 12.7 Å². The van der Waals surface area contributed by atoms with Crippen molar-refractivity contribution >= 4 is 29.2 Å². The largest absolute Gasteiger partial charge is 0.484 e. The number of nitrogens with two attached hydrogens (primary N) is 1. The standard InChI is InChI=1S/C23H21F3N4O2/c24-23(25,26)15-32-18-5-3-4-17(12-18)14-29-21-10-8-16(13-28-21)9-11-22(31)30-20-7-2-1-6-19(20)27/h1-13H,14-15,27H2,(H,28,29)(H,30,31)/b11-9-. The Balaban J connectivity index is 1.51. The summed E-state index contributed by atoms with van der Waals surface area (Å²) < 4.78 is 41.6. The third-order valence-corrected chi connectivity index (χ3v) is 4.21. The number of aromatic nitrogens is 1. The van der Waals surface area contributed by atoms with Crippen molar-refractivity contribution in [2.24, 2.45) is 0 Å². The summed E-state index contributed by atoms with van der Waals surface area (Å²) in [6.07, 6.45) is 0.200. The highest BCUT2D eigenvalue weighted by Gasteiger charge is 2.28. The summed E-state index contributed by atoms with van der Waals surface area (Å²) in [6, 6.07) is 16.9. The normalized spacial score (nSPS) is 11.3. The lowest BCUT2D eigenvalue weighted by molar-refractivity contribution is -0.153. The number of amides is 1. The number of pyridine rings is 1. The molecule has 0 saturated heterocycles. The maximum absolute atomic E-state index is 12.3. The van der Waals surface area contributed by atoms with Gasteiger partial charge in [-0.05, 0) is 53.6 Å². The van der Waals surface area contributed by atoms with Crippen LogP contribution in [0, 0.1) is 0 Å². The van der Waals surface area contributed by atoms with Gasteiger partial charge in [0, 0.05) is 18.8 Å². The smallest absolute Gasteiger partial charge is 0.422 e. The highest BCUT2D eigenvalue weighted by atomic mass is 19.4. The number of nitrogen functional groups attached to an aromatic ring is 1. The summed E-state index contributed by atoms with van der Waals surface area (Å²) in [6.45, 7) is -0.983. The van der Waals surface area contributed by atoms with Gasteiger partial charge in [-0.15, -0.1) is 0 Å². The third kappa shape index (κ3) is 7.35. The lowest BCUT2D eigenvalue weighted by Gasteiger charge is -2.11. The van der Waals surface area contributed by atoms with Crippen LogP contribution in [-0.2, 0) is 11.3 Å². The summed E-state index contributed by atoms with van der Waals surface area (Å²) in [5, 5.41) is 5.78. The number of para-hydroxylation sites is 2. The molecule has 0 fully saturated rings. The SMILES string of the molecule is Nc1ccccc1NC(=O)/C=C\c1ccc(NCc2cccc(OCC(F)(F)F)c2)nc1. The Morgan fingerprint density at radius 3 is 2.62 bits per heavy atom. The van der Waals surface area contributed by atoms with Gasteiger partial charge in [0.2, 0.25) is 5.91 Å². The van der Waals surface area contributed by atoms with Crippen LogP contribution in [0.15, 0.2) is 72.9 Å². The van der Waals surface area contributed by atoms with E-state index in [0.29, 0.717) is 29.3 Å². The van der Waals surface area contributed by atoms with Crippen molar-refractivity contribution in [2.75, 3.05) is 23.0 Å². The van der Waals surface area contributed by atoms with Gasteiger partial charge in [-0.25, -0.2) is 4.98 Å². The molecule has 1 aromatic heterocycles. The predicted molar refractivity (Wildman–Crippen MR) is 118 cm³/mol. The molecule has 1 heterocycles. The molecule has 0 saturated carbocycles. The molecule has 0 atom stereocenters. The first-order chi connectivity index (χ1) is 15.3. The predicted octanol–water partition coefficient (Wildman–Crippen LogP) is 4.87. The monoisotopic (exact) mass is 442 g/mol. The van der Waals surface area contributed by atoms with Gasteiger partial charge in [-0.3, -0.25) is 4.79 Å². The van der Waals surface area contributed by atoms with E-state index in [1.807, 2.05) is 0 Å². The first-order valence-corrected chi connectivity index (χ1v) is 9.60. The van der Waals surface area contributed by atoms with E-state index < -0.39 is 12.8 Å². The number of halogens is 3. The molecule has 166 valence electrons. The second-order valence-corrected chi connectivity index (χ2v) is 6.79. The lowest BCUT2D eigenvalue weighted by Crippen LogP contribution is -2.19. The van der Waals surface area contributed by atoms with Crippen LogP contribution in [0.2, 0.25) is 0 Å². The van der Waals surface area contributed by atoms with Crippen molar-refractivity contribution in [3.05, 3.63) is 84.1 Å². The van der Waals surface area contributed by atoms with E-state index in [0.717, 1.165) is 5.56 Å². The van der Waals surface area contributed by atoms with Crippen LogP contribution in [0.3, 0.4) is 0 Å². The first-order valence-electron chi connectivity index (χ1n) is 9.60. The molecule has 0 bridgehead atoms. The van der Waals surface area contributed by atoms with Gasteiger partial charge in [-0.1, -0.05) is 24.3 Å². The van der Waals surface area contributed by atoms with E-state index in [-0.39, 0.29) is 11.7 Å². The van der Waals surface area contributed by atoms with Crippen LogP contribution in [0.4, 0.5) is 30.4 Å². The molecular weight excluding hydrogens is 421 g/mol. The number of carbonyl (C=O) groups is 1. The number of anilines is 3. The number of rotatable bonds is 8. The minimum absolute atomic E-state index is 0.144. The fraction of sp³-hybridized carbons (Fsp3) is 0.130. The maximum Gasteiger partial charge on any atom is 0.422 e. The average molecular weight is 442 g/mol. The molecule has 0 aliphatic rings. The van der Waals surface area contributed by atoms with E-state index in [2.05, 4.69) is 15.6 Å². The zero-order valence-corrected chi connectivity index (χ0v) is 16.9.